The van der Waals surface area contributed by atoms with E-state index in [9.17, 15) is 13.6 Å². The number of pyridine rings is 1. The molecule has 0 amide bonds. The van der Waals surface area contributed by atoms with E-state index in [-0.39, 0.29) is 30.0 Å². The predicted octanol–water partition coefficient (Wildman–Crippen LogP) is 2.71. The lowest BCUT2D eigenvalue weighted by atomic mass is 10.1. The SMILES string of the molecule is COc1cc(F)cc(F)c1C1CN(c2nc(-c3ccncc3)cc(=O)n2C)CCO1. The molecule has 1 fully saturated rings. The second-order valence-electron chi connectivity index (χ2n) is 6.88. The first-order chi connectivity index (χ1) is 14.5. The van der Waals surface area contributed by atoms with Crippen molar-refractivity contribution >= 4 is 5.95 Å². The Balaban J connectivity index is 1.71. The summed E-state index contributed by atoms with van der Waals surface area (Å²) in [5.41, 5.74) is 1.20. The Labute approximate surface area is 171 Å². The maximum absolute atomic E-state index is 14.5. The summed E-state index contributed by atoms with van der Waals surface area (Å²) in [4.78, 5) is 23.0. The lowest BCUT2D eigenvalue weighted by Gasteiger charge is -2.35. The molecule has 3 aromatic rings. The molecule has 0 spiro atoms. The van der Waals surface area contributed by atoms with E-state index in [1.807, 2.05) is 4.90 Å². The first kappa shape index (κ1) is 20.0. The number of halogens is 2. The van der Waals surface area contributed by atoms with Crippen LogP contribution in [0.25, 0.3) is 11.3 Å². The Morgan fingerprint density at radius 2 is 1.97 bits per heavy atom. The van der Waals surface area contributed by atoms with Crippen molar-refractivity contribution in [1.82, 2.24) is 14.5 Å². The van der Waals surface area contributed by atoms with Crippen molar-refractivity contribution in [3.63, 3.8) is 0 Å². The van der Waals surface area contributed by atoms with E-state index in [1.165, 1.54) is 17.7 Å². The average Bonchev–Trinajstić information content (AvgIpc) is 2.75. The van der Waals surface area contributed by atoms with Gasteiger partial charge in [0.25, 0.3) is 5.56 Å². The molecule has 1 saturated heterocycles. The first-order valence-corrected chi connectivity index (χ1v) is 9.36. The number of ether oxygens (including phenoxy) is 2. The summed E-state index contributed by atoms with van der Waals surface area (Å²) in [5, 5.41) is 0. The fourth-order valence-electron chi connectivity index (χ4n) is 3.53. The number of rotatable bonds is 4. The van der Waals surface area contributed by atoms with E-state index in [0.29, 0.717) is 18.2 Å². The monoisotopic (exact) mass is 414 g/mol. The van der Waals surface area contributed by atoms with Gasteiger partial charge in [-0.1, -0.05) is 0 Å². The number of methoxy groups -OCH3 is 1. The summed E-state index contributed by atoms with van der Waals surface area (Å²) in [7, 11) is 2.98. The summed E-state index contributed by atoms with van der Waals surface area (Å²) in [6.45, 7) is 0.959. The van der Waals surface area contributed by atoms with Crippen LogP contribution in [0, 0.1) is 11.6 Å². The van der Waals surface area contributed by atoms with Gasteiger partial charge in [0, 0.05) is 49.7 Å². The highest BCUT2D eigenvalue weighted by Crippen LogP contribution is 2.34. The van der Waals surface area contributed by atoms with Gasteiger partial charge in [-0.2, -0.15) is 0 Å². The van der Waals surface area contributed by atoms with Crippen LogP contribution in [-0.2, 0) is 11.8 Å². The minimum absolute atomic E-state index is 0.0757. The van der Waals surface area contributed by atoms with Crippen molar-refractivity contribution in [2.24, 2.45) is 7.05 Å². The van der Waals surface area contributed by atoms with Crippen LogP contribution < -0.4 is 15.2 Å². The van der Waals surface area contributed by atoms with Crippen molar-refractivity contribution in [2.75, 3.05) is 31.7 Å². The molecule has 2 aromatic heterocycles. The van der Waals surface area contributed by atoms with Crippen molar-refractivity contribution in [1.29, 1.82) is 0 Å². The molecule has 9 heteroatoms. The molecule has 0 radical (unpaired) electrons. The molecule has 30 heavy (non-hydrogen) atoms. The van der Waals surface area contributed by atoms with E-state index in [1.54, 1.807) is 31.6 Å². The number of hydrogen-bond donors (Lipinski definition) is 0. The van der Waals surface area contributed by atoms with Crippen LogP contribution >= 0.6 is 0 Å². The second kappa shape index (κ2) is 8.19. The van der Waals surface area contributed by atoms with E-state index in [4.69, 9.17) is 9.47 Å². The summed E-state index contributed by atoms with van der Waals surface area (Å²) in [6, 6.07) is 6.93. The molecule has 7 nitrogen and oxygen atoms in total. The molecule has 1 aliphatic heterocycles. The molecule has 1 atom stereocenters. The Morgan fingerprint density at radius 1 is 1.20 bits per heavy atom. The molecular weight excluding hydrogens is 394 g/mol. The van der Waals surface area contributed by atoms with Crippen LogP contribution in [0.4, 0.5) is 14.7 Å². The lowest BCUT2D eigenvalue weighted by Crippen LogP contribution is -2.42. The smallest absolute Gasteiger partial charge is 0.255 e. The third kappa shape index (κ3) is 3.76. The zero-order chi connectivity index (χ0) is 21.3. The van der Waals surface area contributed by atoms with Crippen LogP contribution in [0.1, 0.15) is 11.7 Å². The maximum Gasteiger partial charge on any atom is 0.255 e. The Hall–Kier alpha value is -3.33. The van der Waals surface area contributed by atoms with Gasteiger partial charge >= 0.3 is 0 Å². The van der Waals surface area contributed by atoms with Gasteiger partial charge in [0.1, 0.15) is 23.5 Å². The molecule has 1 aliphatic rings. The molecule has 1 aromatic carbocycles. The number of hydrogen-bond acceptors (Lipinski definition) is 6. The molecular formula is C21H20F2N4O3. The zero-order valence-electron chi connectivity index (χ0n) is 16.5. The number of morpholine rings is 1. The highest BCUT2D eigenvalue weighted by atomic mass is 19.1. The summed E-state index contributed by atoms with van der Waals surface area (Å²) < 4.78 is 40.5. The van der Waals surface area contributed by atoms with Crippen LogP contribution in [0.15, 0.2) is 47.5 Å². The molecule has 0 N–H and O–H groups in total. The van der Waals surface area contributed by atoms with Crippen molar-refractivity contribution in [3.8, 4) is 17.0 Å². The minimum atomic E-state index is -0.744. The summed E-state index contributed by atoms with van der Waals surface area (Å²) >= 11 is 0. The van der Waals surface area contributed by atoms with Crippen LogP contribution in [0.5, 0.6) is 5.75 Å². The molecule has 1 unspecified atom stereocenters. The van der Waals surface area contributed by atoms with Gasteiger partial charge in [0.2, 0.25) is 5.95 Å². The van der Waals surface area contributed by atoms with Gasteiger partial charge in [-0.25, -0.2) is 13.8 Å². The van der Waals surface area contributed by atoms with Gasteiger partial charge < -0.3 is 14.4 Å². The number of nitrogens with zero attached hydrogens (tertiary/aromatic N) is 4. The summed E-state index contributed by atoms with van der Waals surface area (Å²) in [5.74, 6) is -0.961. The number of aromatic nitrogens is 3. The normalized spacial score (nSPS) is 16.5. The number of anilines is 1. The van der Waals surface area contributed by atoms with Gasteiger partial charge in [0.15, 0.2) is 0 Å². The van der Waals surface area contributed by atoms with Crippen LogP contribution in [0.3, 0.4) is 0 Å². The zero-order valence-corrected chi connectivity index (χ0v) is 16.5. The van der Waals surface area contributed by atoms with Gasteiger partial charge in [-0.05, 0) is 12.1 Å². The highest BCUT2D eigenvalue weighted by Gasteiger charge is 2.30. The topological polar surface area (TPSA) is 69.5 Å². The fourth-order valence-corrected chi connectivity index (χ4v) is 3.53. The minimum Gasteiger partial charge on any atom is -0.496 e. The van der Waals surface area contributed by atoms with E-state index in [2.05, 4.69) is 9.97 Å². The van der Waals surface area contributed by atoms with Crippen molar-refractivity contribution in [2.45, 2.75) is 6.10 Å². The molecule has 0 saturated carbocycles. The van der Waals surface area contributed by atoms with E-state index < -0.39 is 17.7 Å². The standard InChI is InChI=1S/C21H20F2N4O3/c1-26-19(28)11-16(13-3-5-24-6-4-13)25-21(26)27-7-8-30-18(12-27)20-15(23)9-14(22)10-17(20)29-2/h3-6,9-11,18H,7-8,12H2,1-2H3. The molecule has 0 aliphatic carbocycles. The average molecular weight is 414 g/mol. The largest absolute Gasteiger partial charge is 0.496 e. The lowest BCUT2D eigenvalue weighted by molar-refractivity contribution is 0.0350. The van der Waals surface area contributed by atoms with Gasteiger partial charge in [-0.15, -0.1) is 0 Å². The fraction of sp³-hybridized carbons (Fsp3) is 0.286. The summed E-state index contributed by atoms with van der Waals surface area (Å²) in [6.07, 6.45) is 2.54. The quantitative estimate of drug-likeness (QED) is 0.654. The molecule has 156 valence electrons. The van der Waals surface area contributed by atoms with Crippen LogP contribution in [0.2, 0.25) is 0 Å². The van der Waals surface area contributed by atoms with Crippen LogP contribution in [-0.4, -0.2) is 41.3 Å². The first-order valence-electron chi connectivity index (χ1n) is 9.36. The van der Waals surface area contributed by atoms with Gasteiger partial charge in [0.05, 0.1) is 31.5 Å². The Bertz CT molecular complexity index is 1120. The number of benzene rings is 1. The predicted molar refractivity (Wildman–Crippen MR) is 107 cm³/mol. The second-order valence-corrected chi connectivity index (χ2v) is 6.88. The molecule has 4 rings (SSSR count). The maximum atomic E-state index is 14.5. The Morgan fingerprint density at radius 3 is 2.70 bits per heavy atom. The third-order valence-electron chi connectivity index (χ3n) is 5.03. The molecule has 0 bridgehead atoms. The Kier molecular flexibility index (Phi) is 5.45. The third-order valence-corrected chi connectivity index (χ3v) is 5.03. The van der Waals surface area contributed by atoms with E-state index >= 15 is 0 Å². The van der Waals surface area contributed by atoms with Crippen molar-refractivity contribution < 1.29 is 18.3 Å². The highest BCUT2D eigenvalue weighted by molar-refractivity contribution is 5.59. The van der Waals surface area contributed by atoms with E-state index in [0.717, 1.165) is 17.7 Å². The molecule has 3 heterocycles. The van der Waals surface area contributed by atoms with Gasteiger partial charge in [-0.3, -0.25) is 14.3 Å². The van der Waals surface area contributed by atoms with Crippen molar-refractivity contribution in [3.05, 3.63) is 70.3 Å².